The van der Waals surface area contributed by atoms with E-state index in [2.05, 4.69) is 38.8 Å². The van der Waals surface area contributed by atoms with Gasteiger partial charge in [-0.1, -0.05) is 54.2 Å². The summed E-state index contributed by atoms with van der Waals surface area (Å²) in [5.41, 5.74) is 0.934. The molecule has 0 aliphatic carbocycles. The van der Waals surface area contributed by atoms with Gasteiger partial charge in [0.25, 0.3) is 11.8 Å². The average molecular weight is 535 g/mol. The summed E-state index contributed by atoms with van der Waals surface area (Å²) in [6.07, 6.45) is 4.33. The summed E-state index contributed by atoms with van der Waals surface area (Å²) >= 11 is 8.76. The van der Waals surface area contributed by atoms with Crippen LogP contribution in [-0.4, -0.2) is 29.1 Å². The Hall–Kier alpha value is -2.45. The number of benzene rings is 2. The van der Waals surface area contributed by atoms with Gasteiger partial charge in [0.2, 0.25) is 0 Å². The van der Waals surface area contributed by atoms with Crippen LogP contribution in [0.2, 0.25) is 0 Å². The highest BCUT2D eigenvalue weighted by molar-refractivity contribution is 9.10. The summed E-state index contributed by atoms with van der Waals surface area (Å²) in [6, 6.07) is 12.3. The number of carbonyl (C=O) groups is 2. The molecule has 0 spiro atoms. The second-order valence-corrected chi connectivity index (χ2v) is 10.0. The van der Waals surface area contributed by atoms with Crippen LogP contribution in [0.5, 0.6) is 5.75 Å². The fraction of sp³-hybridized carbons (Fsp3) is 0.400. The summed E-state index contributed by atoms with van der Waals surface area (Å²) in [4.78, 5) is 25.6. The third-order valence-corrected chi connectivity index (χ3v) is 5.27. The van der Waals surface area contributed by atoms with Crippen LogP contribution in [0.3, 0.4) is 0 Å². The molecule has 0 atom stereocenters. The predicted octanol–water partition coefficient (Wildman–Crippen LogP) is 6.06. The Balaban J connectivity index is 2.08. The van der Waals surface area contributed by atoms with E-state index in [0.717, 1.165) is 30.2 Å². The van der Waals surface area contributed by atoms with Gasteiger partial charge in [0, 0.05) is 10.0 Å². The normalized spacial score (nSPS) is 10.9. The monoisotopic (exact) mass is 533 g/mol. The number of thiocarbonyl (C=S) groups is 1. The van der Waals surface area contributed by atoms with E-state index < -0.39 is 5.91 Å². The Kier molecular flexibility index (Phi) is 10.3. The fourth-order valence-electron chi connectivity index (χ4n) is 3.04. The van der Waals surface area contributed by atoms with E-state index in [-0.39, 0.29) is 16.6 Å². The molecular formula is C25H32BrN3O3S. The molecule has 0 saturated heterocycles. The molecule has 0 fully saturated rings. The van der Waals surface area contributed by atoms with Gasteiger partial charge in [0.15, 0.2) is 5.11 Å². The van der Waals surface area contributed by atoms with E-state index in [1.807, 2.05) is 26.8 Å². The molecule has 0 unspecified atom stereocenters. The Labute approximate surface area is 210 Å². The second kappa shape index (κ2) is 12.7. The molecule has 0 heterocycles. The van der Waals surface area contributed by atoms with Crippen LogP contribution in [0.1, 0.15) is 74.1 Å². The molecule has 0 aliphatic heterocycles. The first-order valence-corrected chi connectivity index (χ1v) is 12.3. The van der Waals surface area contributed by atoms with Crippen molar-refractivity contribution < 1.29 is 14.3 Å². The van der Waals surface area contributed by atoms with Crippen LogP contribution in [0.15, 0.2) is 46.9 Å². The number of unbranched alkanes of at least 4 members (excludes halogenated alkanes) is 3. The van der Waals surface area contributed by atoms with Gasteiger partial charge in [-0.15, -0.1) is 0 Å². The molecule has 2 amide bonds. The van der Waals surface area contributed by atoms with Crippen molar-refractivity contribution in [2.24, 2.45) is 0 Å². The minimum atomic E-state index is -0.394. The first-order chi connectivity index (χ1) is 15.6. The summed E-state index contributed by atoms with van der Waals surface area (Å²) in [5, 5.41) is 8.67. The van der Waals surface area contributed by atoms with E-state index >= 15 is 0 Å². The largest absolute Gasteiger partial charge is 0.493 e. The number of halogens is 1. The first kappa shape index (κ1) is 26.8. The summed E-state index contributed by atoms with van der Waals surface area (Å²) in [7, 11) is 0. The van der Waals surface area contributed by atoms with Gasteiger partial charge in [-0.3, -0.25) is 14.9 Å². The smallest absolute Gasteiger partial charge is 0.261 e. The minimum Gasteiger partial charge on any atom is -0.493 e. The van der Waals surface area contributed by atoms with E-state index in [9.17, 15) is 9.59 Å². The Morgan fingerprint density at radius 2 is 1.73 bits per heavy atom. The number of hydrogen-bond acceptors (Lipinski definition) is 4. The van der Waals surface area contributed by atoms with E-state index in [0.29, 0.717) is 29.2 Å². The Morgan fingerprint density at radius 3 is 2.42 bits per heavy atom. The molecule has 0 saturated carbocycles. The SMILES string of the molecule is CCCCCCOc1ccc(Br)cc1C(=O)NC(=S)Nc1ccccc1C(=O)NC(C)(C)C. The van der Waals surface area contributed by atoms with E-state index in [1.54, 1.807) is 36.4 Å². The Morgan fingerprint density at radius 1 is 1.00 bits per heavy atom. The van der Waals surface area contributed by atoms with Crippen molar-refractivity contribution in [1.82, 2.24) is 10.6 Å². The van der Waals surface area contributed by atoms with Crippen molar-refractivity contribution in [2.45, 2.75) is 58.9 Å². The molecule has 2 aromatic carbocycles. The van der Waals surface area contributed by atoms with Crippen LogP contribution in [-0.2, 0) is 0 Å². The topological polar surface area (TPSA) is 79.5 Å². The number of rotatable bonds is 9. The number of hydrogen-bond donors (Lipinski definition) is 3. The molecule has 8 heteroatoms. The van der Waals surface area contributed by atoms with Crippen LogP contribution >= 0.6 is 28.1 Å². The predicted molar refractivity (Wildman–Crippen MR) is 141 cm³/mol. The molecule has 0 bridgehead atoms. The maximum atomic E-state index is 12.9. The average Bonchev–Trinajstić information content (AvgIpc) is 2.73. The summed E-state index contributed by atoms with van der Waals surface area (Å²) in [6.45, 7) is 8.43. The molecule has 33 heavy (non-hydrogen) atoms. The first-order valence-electron chi connectivity index (χ1n) is 11.1. The molecule has 2 aromatic rings. The molecule has 0 aliphatic rings. The maximum absolute atomic E-state index is 12.9. The number of amides is 2. The highest BCUT2D eigenvalue weighted by atomic mass is 79.9. The number of nitrogens with one attached hydrogen (secondary N) is 3. The number of para-hydroxylation sites is 1. The van der Waals surface area contributed by atoms with Crippen molar-refractivity contribution in [3.8, 4) is 5.75 Å². The molecule has 178 valence electrons. The molecule has 0 radical (unpaired) electrons. The van der Waals surface area contributed by atoms with Gasteiger partial charge in [0.05, 0.1) is 23.4 Å². The van der Waals surface area contributed by atoms with Crippen molar-refractivity contribution in [3.05, 3.63) is 58.1 Å². The van der Waals surface area contributed by atoms with Crippen LogP contribution in [0, 0.1) is 0 Å². The summed E-state index contributed by atoms with van der Waals surface area (Å²) in [5.74, 6) is -0.126. The van der Waals surface area contributed by atoms with Gasteiger partial charge < -0.3 is 15.4 Å². The van der Waals surface area contributed by atoms with Gasteiger partial charge in [-0.25, -0.2) is 0 Å². The zero-order chi connectivity index (χ0) is 24.4. The number of ether oxygens (including phenoxy) is 1. The highest BCUT2D eigenvalue weighted by Crippen LogP contribution is 2.24. The van der Waals surface area contributed by atoms with Crippen molar-refractivity contribution >= 4 is 50.8 Å². The lowest BCUT2D eigenvalue weighted by Crippen LogP contribution is -2.41. The fourth-order valence-corrected chi connectivity index (χ4v) is 3.60. The van der Waals surface area contributed by atoms with E-state index in [4.69, 9.17) is 17.0 Å². The van der Waals surface area contributed by atoms with Gasteiger partial charge in [-0.2, -0.15) is 0 Å². The molecular weight excluding hydrogens is 502 g/mol. The summed E-state index contributed by atoms with van der Waals surface area (Å²) < 4.78 is 6.62. The molecule has 2 rings (SSSR count). The third kappa shape index (κ3) is 9.14. The molecule has 6 nitrogen and oxygen atoms in total. The quantitative estimate of drug-likeness (QED) is 0.269. The maximum Gasteiger partial charge on any atom is 0.261 e. The van der Waals surface area contributed by atoms with Crippen molar-refractivity contribution in [1.29, 1.82) is 0 Å². The standard InChI is InChI=1S/C25H32BrN3O3S/c1-5-6-7-10-15-32-21-14-13-17(26)16-19(21)22(30)28-24(33)27-20-12-9-8-11-18(20)23(31)29-25(2,3)4/h8-9,11-14,16H,5-7,10,15H2,1-4H3,(H,29,31)(H2,27,28,30,33). The number of anilines is 1. The molecule has 0 aromatic heterocycles. The van der Waals surface area contributed by atoms with Gasteiger partial charge in [0.1, 0.15) is 5.75 Å². The van der Waals surface area contributed by atoms with Gasteiger partial charge >= 0.3 is 0 Å². The van der Waals surface area contributed by atoms with Crippen LogP contribution in [0.4, 0.5) is 5.69 Å². The van der Waals surface area contributed by atoms with Crippen LogP contribution < -0.4 is 20.7 Å². The van der Waals surface area contributed by atoms with Crippen LogP contribution in [0.25, 0.3) is 0 Å². The highest BCUT2D eigenvalue weighted by Gasteiger charge is 2.19. The number of carbonyl (C=O) groups excluding carboxylic acids is 2. The lowest BCUT2D eigenvalue weighted by molar-refractivity contribution is 0.0919. The van der Waals surface area contributed by atoms with Crippen molar-refractivity contribution in [2.75, 3.05) is 11.9 Å². The zero-order valence-electron chi connectivity index (χ0n) is 19.6. The zero-order valence-corrected chi connectivity index (χ0v) is 22.0. The molecule has 3 N–H and O–H groups in total. The second-order valence-electron chi connectivity index (χ2n) is 8.71. The lowest BCUT2D eigenvalue weighted by Gasteiger charge is -2.22. The van der Waals surface area contributed by atoms with Crippen molar-refractivity contribution in [3.63, 3.8) is 0 Å². The Bertz CT molecular complexity index is 989. The lowest BCUT2D eigenvalue weighted by atomic mass is 10.1. The van der Waals surface area contributed by atoms with Gasteiger partial charge in [-0.05, 0) is 69.7 Å². The van der Waals surface area contributed by atoms with E-state index in [1.165, 1.54) is 0 Å². The minimum absolute atomic E-state index is 0.0879. The third-order valence-electron chi connectivity index (χ3n) is 4.58.